The second kappa shape index (κ2) is 5.03. The fourth-order valence-corrected chi connectivity index (χ4v) is 2.12. The maximum Gasteiger partial charge on any atom is 0.188 e. The first-order valence-corrected chi connectivity index (χ1v) is 8.75. The molecule has 0 aliphatic rings. The molecule has 5 heteroatoms. The number of hydrogen-bond acceptors (Lipinski definition) is 4. The van der Waals surface area contributed by atoms with Gasteiger partial charge < -0.3 is 9.32 Å². The second-order valence-electron chi connectivity index (χ2n) is 5.56. The summed E-state index contributed by atoms with van der Waals surface area (Å²) in [6, 6.07) is 3.86. The van der Waals surface area contributed by atoms with Gasteiger partial charge >= 0.3 is 0 Å². The molecular formula is C12H20N2O2Si. The predicted octanol–water partition coefficient (Wildman–Crippen LogP) is 2.65. The monoisotopic (exact) mass is 252 g/mol. The Labute approximate surface area is 103 Å². The van der Waals surface area contributed by atoms with Crippen LogP contribution in [0.1, 0.15) is 31.7 Å². The zero-order valence-electron chi connectivity index (χ0n) is 10.9. The average molecular weight is 252 g/mol. The summed E-state index contributed by atoms with van der Waals surface area (Å²) < 4.78 is 5.16. The summed E-state index contributed by atoms with van der Waals surface area (Å²) in [4.78, 5) is 10.2. The molecule has 1 aromatic rings. The molecule has 1 N–H and O–H groups in total. The van der Waals surface area contributed by atoms with Gasteiger partial charge in [0.2, 0.25) is 0 Å². The molecule has 0 spiro atoms. The van der Waals surface area contributed by atoms with Crippen molar-refractivity contribution in [2.24, 2.45) is 0 Å². The quantitative estimate of drug-likeness (QED) is 0.818. The Kier molecular flexibility index (Phi) is 4.12. The maximum atomic E-state index is 10.2. The van der Waals surface area contributed by atoms with Gasteiger partial charge in [0.25, 0.3) is 0 Å². The van der Waals surface area contributed by atoms with E-state index in [0.29, 0.717) is 5.69 Å². The van der Waals surface area contributed by atoms with E-state index in [2.05, 4.69) is 19.0 Å². The number of aryl methyl sites for hydroxylation is 1. The predicted molar refractivity (Wildman–Crippen MR) is 67.9 cm³/mol. The number of nitriles is 1. The standard InChI is InChI=1S/C12H20N2O2Si/c1-12(2,17(3,4)15)7-5-11-9-10(6-8-13)14-16-11/h9,15H,5-7H2,1-4H3. The summed E-state index contributed by atoms with van der Waals surface area (Å²) in [5.74, 6) is 0.793. The third-order valence-electron chi connectivity index (χ3n) is 3.52. The number of rotatable bonds is 5. The van der Waals surface area contributed by atoms with Gasteiger partial charge in [-0.15, -0.1) is 0 Å². The molecule has 0 radical (unpaired) electrons. The van der Waals surface area contributed by atoms with Gasteiger partial charge in [-0.2, -0.15) is 5.26 Å². The minimum Gasteiger partial charge on any atom is -0.432 e. The summed E-state index contributed by atoms with van der Waals surface area (Å²) >= 11 is 0. The molecule has 0 saturated carbocycles. The molecule has 1 rings (SSSR count). The third-order valence-corrected chi connectivity index (χ3v) is 7.08. The van der Waals surface area contributed by atoms with Crippen LogP contribution in [0.3, 0.4) is 0 Å². The van der Waals surface area contributed by atoms with E-state index in [1.807, 2.05) is 25.2 Å². The third kappa shape index (κ3) is 3.68. The lowest BCUT2D eigenvalue weighted by atomic mass is 10.1. The molecule has 0 atom stereocenters. The molecule has 17 heavy (non-hydrogen) atoms. The zero-order valence-corrected chi connectivity index (χ0v) is 11.9. The number of aromatic nitrogens is 1. The van der Waals surface area contributed by atoms with Crippen LogP contribution in [-0.2, 0) is 12.8 Å². The molecule has 1 heterocycles. The van der Waals surface area contributed by atoms with E-state index < -0.39 is 8.32 Å². The summed E-state index contributed by atoms with van der Waals surface area (Å²) in [7, 11) is -2.16. The molecule has 0 saturated heterocycles. The van der Waals surface area contributed by atoms with Crippen molar-refractivity contribution in [3.05, 3.63) is 17.5 Å². The highest BCUT2D eigenvalue weighted by molar-refractivity contribution is 6.72. The SMILES string of the molecule is CC(C)(CCc1cc(CC#N)no1)[Si](C)(C)O. The largest absolute Gasteiger partial charge is 0.432 e. The fraction of sp³-hybridized carbons (Fsp3) is 0.667. The Hall–Kier alpha value is -1.12. The van der Waals surface area contributed by atoms with Crippen molar-refractivity contribution in [1.29, 1.82) is 5.26 Å². The minimum absolute atomic E-state index is 0.0603. The molecule has 0 fully saturated rings. The van der Waals surface area contributed by atoms with Gasteiger partial charge in [0.05, 0.1) is 18.2 Å². The molecule has 4 nitrogen and oxygen atoms in total. The molecule has 1 aromatic heterocycles. The summed E-state index contributed by atoms with van der Waals surface area (Å²) in [5, 5.41) is 12.3. The second-order valence-corrected chi connectivity index (χ2v) is 10.0. The summed E-state index contributed by atoms with van der Waals surface area (Å²) in [6.07, 6.45) is 1.90. The molecule has 0 unspecified atom stereocenters. The van der Waals surface area contributed by atoms with E-state index in [0.717, 1.165) is 18.6 Å². The maximum absolute atomic E-state index is 10.2. The molecule has 0 aliphatic heterocycles. The highest BCUT2D eigenvalue weighted by Gasteiger charge is 2.37. The Morgan fingerprint density at radius 1 is 1.53 bits per heavy atom. The van der Waals surface area contributed by atoms with Crippen LogP contribution >= 0.6 is 0 Å². The topological polar surface area (TPSA) is 70.0 Å². The fourth-order valence-electron chi connectivity index (χ4n) is 1.38. The summed E-state index contributed by atoms with van der Waals surface area (Å²) in [6.45, 7) is 8.08. The van der Waals surface area contributed by atoms with Crippen molar-refractivity contribution in [1.82, 2.24) is 5.16 Å². The molecule has 0 aliphatic carbocycles. The normalized spacial score (nSPS) is 12.5. The van der Waals surface area contributed by atoms with Crippen LogP contribution < -0.4 is 0 Å². The van der Waals surface area contributed by atoms with E-state index in [1.54, 1.807) is 0 Å². The van der Waals surface area contributed by atoms with Crippen LogP contribution in [0, 0.1) is 11.3 Å². The van der Waals surface area contributed by atoms with Gasteiger partial charge in [0.1, 0.15) is 5.76 Å². The minimum atomic E-state index is -2.16. The number of nitrogens with zero attached hydrogens (tertiary/aromatic N) is 2. The van der Waals surface area contributed by atoms with Gasteiger partial charge in [-0.25, -0.2) is 0 Å². The molecule has 0 aromatic carbocycles. The lowest BCUT2D eigenvalue weighted by Gasteiger charge is -2.34. The first-order valence-electron chi connectivity index (χ1n) is 5.80. The lowest BCUT2D eigenvalue weighted by Crippen LogP contribution is -2.39. The lowest BCUT2D eigenvalue weighted by molar-refractivity contribution is 0.364. The Morgan fingerprint density at radius 2 is 2.18 bits per heavy atom. The van der Waals surface area contributed by atoms with Crippen LogP contribution in [0.4, 0.5) is 0 Å². The van der Waals surface area contributed by atoms with Crippen LogP contribution in [0.15, 0.2) is 10.6 Å². The highest BCUT2D eigenvalue weighted by atomic mass is 28.4. The first kappa shape index (κ1) is 13.9. The van der Waals surface area contributed by atoms with Crippen molar-refractivity contribution in [2.75, 3.05) is 0 Å². The smallest absolute Gasteiger partial charge is 0.188 e. The molecule has 94 valence electrons. The van der Waals surface area contributed by atoms with Crippen molar-refractivity contribution in [2.45, 2.75) is 51.2 Å². The van der Waals surface area contributed by atoms with Gasteiger partial charge in [0, 0.05) is 12.5 Å². The number of hydrogen-bond donors (Lipinski definition) is 1. The molecule has 0 bridgehead atoms. The van der Waals surface area contributed by atoms with Crippen molar-refractivity contribution in [3.8, 4) is 6.07 Å². The van der Waals surface area contributed by atoms with E-state index in [4.69, 9.17) is 9.78 Å². The van der Waals surface area contributed by atoms with Gasteiger partial charge in [-0.1, -0.05) is 19.0 Å². The van der Waals surface area contributed by atoms with E-state index >= 15 is 0 Å². The van der Waals surface area contributed by atoms with Gasteiger partial charge in [0.15, 0.2) is 8.32 Å². The van der Waals surface area contributed by atoms with Gasteiger partial charge in [-0.3, -0.25) is 0 Å². The van der Waals surface area contributed by atoms with Crippen LogP contribution in [0.25, 0.3) is 0 Å². The van der Waals surface area contributed by atoms with E-state index in [-0.39, 0.29) is 11.5 Å². The first-order chi connectivity index (χ1) is 7.76. The Morgan fingerprint density at radius 3 is 2.71 bits per heavy atom. The highest BCUT2D eigenvalue weighted by Crippen LogP contribution is 2.39. The van der Waals surface area contributed by atoms with Crippen LogP contribution in [0.5, 0.6) is 0 Å². The summed E-state index contributed by atoms with van der Waals surface area (Å²) in [5.41, 5.74) is 0.681. The van der Waals surface area contributed by atoms with Crippen molar-refractivity contribution < 1.29 is 9.32 Å². The Balaban J connectivity index is 2.59. The zero-order chi connectivity index (χ0) is 13.1. The molecular weight excluding hydrogens is 232 g/mol. The van der Waals surface area contributed by atoms with Crippen molar-refractivity contribution >= 4 is 8.32 Å². The van der Waals surface area contributed by atoms with Gasteiger partial charge in [-0.05, 0) is 24.6 Å². The van der Waals surface area contributed by atoms with Crippen LogP contribution in [-0.4, -0.2) is 18.3 Å². The van der Waals surface area contributed by atoms with Crippen LogP contribution in [0.2, 0.25) is 18.1 Å². The van der Waals surface area contributed by atoms with Crippen molar-refractivity contribution in [3.63, 3.8) is 0 Å². The molecule has 0 amide bonds. The van der Waals surface area contributed by atoms with E-state index in [1.165, 1.54) is 0 Å². The Bertz CT molecular complexity index is 413. The van der Waals surface area contributed by atoms with E-state index in [9.17, 15) is 4.80 Å². The average Bonchev–Trinajstić information content (AvgIpc) is 2.62.